The molecule has 4 unspecified atom stereocenters. The van der Waals surface area contributed by atoms with Gasteiger partial charge in [0.2, 0.25) is 16.0 Å². The van der Waals surface area contributed by atoms with Crippen molar-refractivity contribution in [2.75, 3.05) is 18.5 Å². The number of benzene rings is 3. The van der Waals surface area contributed by atoms with E-state index in [0.717, 1.165) is 10.8 Å². The highest BCUT2D eigenvalue weighted by atomic mass is 32.2. The number of rotatable bonds is 6. The molecule has 0 aliphatic carbocycles. The fourth-order valence-electron chi connectivity index (χ4n) is 4.73. The minimum atomic E-state index is -3.78. The Kier molecular flexibility index (Phi) is 5.88. The zero-order valence-electron chi connectivity index (χ0n) is 19.0. The maximum atomic E-state index is 13.6. The Morgan fingerprint density at radius 3 is 2.47 bits per heavy atom. The van der Waals surface area contributed by atoms with Crippen LogP contribution in [-0.2, 0) is 19.5 Å². The smallest absolute Gasteiger partial charge is 0.241 e. The molecule has 0 amide bonds. The first kappa shape index (κ1) is 23.0. The lowest BCUT2D eigenvalue weighted by Crippen LogP contribution is -2.44. The largest absolute Gasteiger partial charge is 0.371 e. The van der Waals surface area contributed by atoms with Gasteiger partial charge < -0.3 is 14.8 Å². The number of aromatic nitrogens is 2. The summed E-state index contributed by atoms with van der Waals surface area (Å²) in [5, 5.41) is 5.05. The highest BCUT2D eigenvalue weighted by Gasteiger charge is 2.49. The Balaban J connectivity index is 1.15. The second-order valence-corrected chi connectivity index (χ2v) is 10.6. The van der Waals surface area contributed by atoms with E-state index >= 15 is 0 Å². The van der Waals surface area contributed by atoms with Crippen LogP contribution >= 0.6 is 0 Å². The minimum absolute atomic E-state index is 0.185. The lowest BCUT2D eigenvalue weighted by Gasteiger charge is -2.18. The van der Waals surface area contributed by atoms with Gasteiger partial charge >= 0.3 is 0 Å². The quantitative estimate of drug-likeness (QED) is 0.413. The summed E-state index contributed by atoms with van der Waals surface area (Å²) in [6.45, 7) is 0.488. The molecule has 2 aliphatic rings. The van der Waals surface area contributed by atoms with Gasteiger partial charge in [0.15, 0.2) is 0 Å². The molecule has 10 heteroatoms. The molecule has 0 bridgehead atoms. The summed E-state index contributed by atoms with van der Waals surface area (Å²) in [5.74, 6) is 0.0130. The summed E-state index contributed by atoms with van der Waals surface area (Å²) in [6.07, 6.45) is 0.763. The third kappa shape index (κ3) is 4.44. The number of hydrogen-bond donors (Lipinski definition) is 2. The van der Waals surface area contributed by atoms with Crippen molar-refractivity contribution in [3.05, 3.63) is 84.8 Å². The van der Waals surface area contributed by atoms with Gasteiger partial charge in [0.25, 0.3) is 0 Å². The summed E-state index contributed by atoms with van der Waals surface area (Å²) in [6, 6.07) is 19.7. The van der Waals surface area contributed by atoms with Crippen molar-refractivity contribution in [1.29, 1.82) is 0 Å². The molecule has 2 fully saturated rings. The maximum Gasteiger partial charge on any atom is 0.241 e. The fourth-order valence-corrected chi connectivity index (χ4v) is 5.99. The molecule has 1 aromatic heterocycles. The minimum Gasteiger partial charge on any atom is -0.371 e. The van der Waals surface area contributed by atoms with E-state index in [1.54, 1.807) is 42.6 Å². The van der Waals surface area contributed by atoms with Crippen LogP contribution in [0.2, 0.25) is 0 Å². The molecule has 184 valence electrons. The van der Waals surface area contributed by atoms with Crippen molar-refractivity contribution in [3.63, 3.8) is 0 Å². The predicted molar refractivity (Wildman–Crippen MR) is 132 cm³/mol. The normalized spacial score (nSPS) is 23.6. The highest BCUT2D eigenvalue weighted by Crippen LogP contribution is 2.30. The van der Waals surface area contributed by atoms with Crippen LogP contribution < -0.4 is 10.0 Å². The van der Waals surface area contributed by atoms with E-state index in [-0.39, 0.29) is 29.5 Å². The van der Waals surface area contributed by atoms with Gasteiger partial charge in [0, 0.05) is 11.8 Å². The summed E-state index contributed by atoms with van der Waals surface area (Å²) >= 11 is 0. The van der Waals surface area contributed by atoms with Gasteiger partial charge in [-0.2, -0.15) is 0 Å². The Morgan fingerprint density at radius 2 is 1.64 bits per heavy atom. The second-order valence-electron chi connectivity index (χ2n) is 8.86. The molecule has 6 rings (SSSR count). The number of halogens is 1. The number of hydrogen-bond acceptors (Lipinski definition) is 7. The van der Waals surface area contributed by atoms with Crippen molar-refractivity contribution in [2.45, 2.75) is 29.2 Å². The van der Waals surface area contributed by atoms with E-state index in [4.69, 9.17) is 9.47 Å². The standard InChI is InChI=1S/C26H23FN4O4S/c27-19-7-3-6-18(12-19)21-10-11-28-26(29-21)30-22-14-34-25-23(15-35-24(22)25)31-36(32,33)20-9-8-16-4-1-2-5-17(16)13-20/h1-13,22-25,31H,14-15H2,(H,28,29,30). The molecule has 2 N–H and O–H groups in total. The number of nitrogens with one attached hydrogen (secondary N) is 2. The van der Waals surface area contributed by atoms with Crippen LogP contribution in [-0.4, -0.2) is 55.9 Å². The summed E-state index contributed by atoms with van der Waals surface area (Å²) in [7, 11) is -3.78. The molecule has 3 heterocycles. The average molecular weight is 507 g/mol. The van der Waals surface area contributed by atoms with E-state index in [0.29, 0.717) is 23.8 Å². The van der Waals surface area contributed by atoms with Crippen LogP contribution in [0.5, 0.6) is 0 Å². The maximum absolute atomic E-state index is 13.6. The van der Waals surface area contributed by atoms with E-state index < -0.39 is 22.2 Å². The Hall–Kier alpha value is -3.44. The number of ether oxygens (including phenoxy) is 2. The van der Waals surface area contributed by atoms with Crippen molar-refractivity contribution >= 4 is 26.7 Å². The molecule has 0 radical (unpaired) electrons. The zero-order valence-corrected chi connectivity index (χ0v) is 19.9. The summed E-state index contributed by atoms with van der Waals surface area (Å²) in [4.78, 5) is 8.96. The van der Waals surface area contributed by atoms with Gasteiger partial charge in [0.1, 0.15) is 18.0 Å². The van der Waals surface area contributed by atoms with Gasteiger partial charge in [-0.1, -0.05) is 42.5 Å². The Bertz CT molecular complexity index is 1530. The Labute approximate surface area is 207 Å². The molecule has 4 atom stereocenters. The van der Waals surface area contributed by atoms with E-state index in [2.05, 4.69) is 20.0 Å². The van der Waals surface area contributed by atoms with Crippen molar-refractivity contribution in [2.24, 2.45) is 0 Å². The van der Waals surface area contributed by atoms with Crippen molar-refractivity contribution < 1.29 is 22.3 Å². The number of nitrogens with zero attached hydrogens (tertiary/aromatic N) is 2. The third-order valence-electron chi connectivity index (χ3n) is 6.48. The number of fused-ring (bicyclic) bond motifs is 2. The predicted octanol–water partition coefficient (Wildman–Crippen LogP) is 3.36. The van der Waals surface area contributed by atoms with Gasteiger partial charge in [-0.05, 0) is 41.1 Å². The lowest BCUT2D eigenvalue weighted by molar-refractivity contribution is 0.0690. The van der Waals surface area contributed by atoms with E-state index in [1.807, 2.05) is 24.3 Å². The van der Waals surface area contributed by atoms with Crippen LogP contribution in [0.25, 0.3) is 22.0 Å². The second kappa shape index (κ2) is 9.21. The van der Waals surface area contributed by atoms with Crippen molar-refractivity contribution in [1.82, 2.24) is 14.7 Å². The zero-order chi connectivity index (χ0) is 24.7. The third-order valence-corrected chi connectivity index (χ3v) is 7.97. The first-order valence-corrected chi connectivity index (χ1v) is 13.0. The molecule has 36 heavy (non-hydrogen) atoms. The van der Waals surface area contributed by atoms with Gasteiger partial charge in [0.05, 0.1) is 35.9 Å². The molecule has 4 aromatic rings. The number of anilines is 1. The monoisotopic (exact) mass is 506 g/mol. The van der Waals surface area contributed by atoms with E-state index in [1.165, 1.54) is 12.1 Å². The van der Waals surface area contributed by atoms with Crippen molar-refractivity contribution in [3.8, 4) is 11.3 Å². The first-order valence-electron chi connectivity index (χ1n) is 11.6. The van der Waals surface area contributed by atoms with Crippen LogP contribution in [0.3, 0.4) is 0 Å². The van der Waals surface area contributed by atoms with Crippen LogP contribution in [0.1, 0.15) is 0 Å². The highest BCUT2D eigenvalue weighted by molar-refractivity contribution is 7.89. The lowest BCUT2D eigenvalue weighted by atomic mass is 10.1. The van der Waals surface area contributed by atoms with Gasteiger partial charge in [-0.3, -0.25) is 0 Å². The molecule has 0 saturated carbocycles. The summed E-state index contributed by atoms with van der Waals surface area (Å²) in [5.41, 5.74) is 1.22. The summed E-state index contributed by atoms with van der Waals surface area (Å²) < 4.78 is 54.5. The molecule has 3 aromatic carbocycles. The SMILES string of the molecule is O=S(=O)(NC1COC2C(Nc3nccc(-c4cccc(F)c4)n3)COC12)c1ccc2ccccc2c1. The molecular weight excluding hydrogens is 483 g/mol. The molecule has 2 saturated heterocycles. The van der Waals surface area contributed by atoms with E-state index in [9.17, 15) is 12.8 Å². The molecule has 2 aliphatic heterocycles. The molecule has 0 spiro atoms. The van der Waals surface area contributed by atoms with Crippen LogP contribution in [0.15, 0.2) is 83.9 Å². The molecule has 8 nitrogen and oxygen atoms in total. The fraction of sp³-hybridized carbons (Fsp3) is 0.231. The average Bonchev–Trinajstić information content (AvgIpc) is 3.47. The van der Waals surface area contributed by atoms with Gasteiger partial charge in [-0.25, -0.2) is 27.5 Å². The first-order chi connectivity index (χ1) is 17.5. The molecular formula is C26H23FN4O4S. The van der Waals surface area contributed by atoms with Gasteiger partial charge in [-0.15, -0.1) is 0 Å². The Morgan fingerprint density at radius 1 is 0.861 bits per heavy atom. The number of sulfonamides is 1. The van der Waals surface area contributed by atoms with Crippen LogP contribution in [0.4, 0.5) is 10.3 Å². The van der Waals surface area contributed by atoms with Crippen LogP contribution in [0, 0.1) is 5.82 Å². The topological polar surface area (TPSA) is 102 Å².